The van der Waals surface area contributed by atoms with Crippen LogP contribution in [0.4, 0.5) is 11.6 Å². The van der Waals surface area contributed by atoms with Crippen molar-refractivity contribution >= 4 is 32.7 Å². The van der Waals surface area contributed by atoms with E-state index in [9.17, 15) is 8.42 Å². The van der Waals surface area contributed by atoms with Crippen LogP contribution >= 0.6 is 0 Å². The molecule has 0 radical (unpaired) electrons. The number of aryl methyl sites for hydroxylation is 2. The molecule has 35 heavy (non-hydrogen) atoms. The molecule has 5 rings (SSSR count). The van der Waals surface area contributed by atoms with Gasteiger partial charge in [0.15, 0.2) is 5.82 Å². The first-order valence-electron chi connectivity index (χ1n) is 11.0. The molecule has 0 amide bonds. The highest BCUT2D eigenvalue weighted by molar-refractivity contribution is 7.89. The molecule has 0 unspecified atom stereocenters. The number of nitrogens with zero attached hydrogens (tertiary/aromatic N) is 9. The van der Waals surface area contributed by atoms with Crippen LogP contribution < -0.4 is 5.32 Å². The fourth-order valence-corrected chi connectivity index (χ4v) is 4.92. The summed E-state index contributed by atoms with van der Waals surface area (Å²) in [4.78, 5) is 17.9. The number of hydrogen-bond donors (Lipinski definition) is 1. The summed E-state index contributed by atoms with van der Waals surface area (Å²) in [6, 6.07) is 3.89. The molecule has 0 saturated heterocycles. The monoisotopic (exact) mass is 492 g/mol. The average molecular weight is 493 g/mol. The van der Waals surface area contributed by atoms with E-state index in [1.165, 1.54) is 29.5 Å². The van der Waals surface area contributed by atoms with Crippen molar-refractivity contribution in [2.45, 2.75) is 45.2 Å². The van der Waals surface area contributed by atoms with Gasteiger partial charge in [-0.2, -0.15) is 22.7 Å². The van der Waals surface area contributed by atoms with Crippen LogP contribution in [-0.2, 0) is 16.6 Å². The first-order valence-corrected chi connectivity index (χ1v) is 12.5. The smallest absolute Gasteiger partial charge is 0.286 e. The maximum atomic E-state index is 12.9. The van der Waals surface area contributed by atoms with E-state index < -0.39 is 10.0 Å². The van der Waals surface area contributed by atoms with Gasteiger partial charge in [0.25, 0.3) is 10.0 Å². The van der Waals surface area contributed by atoms with E-state index in [2.05, 4.69) is 53.9 Å². The van der Waals surface area contributed by atoms with Crippen molar-refractivity contribution in [2.75, 3.05) is 5.32 Å². The maximum Gasteiger partial charge on any atom is 0.286 e. The van der Waals surface area contributed by atoms with E-state index in [0.29, 0.717) is 29.6 Å². The predicted molar refractivity (Wildman–Crippen MR) is 130 cm³/mol. The van der Waals surface area contributed by atoms with Crippen LogP contribution in [0.2, 0.25) is 0 Å². The maximum absolute atomic E-state index is 12.9. The Labute approximate surface area is 201 Å². The minimum absolute atomic E-state index is 0.0580. The molecule has 0 spiro atoms. The number of pyridine rings is 1. The van der Waals surface area contributed by atoms with Gasteiger partial charge in [0.1, 0.15) is 27.9 Å². The Kier molecular flexibility index (Phi) is 5.55. The standard InChI is InChI=1S/C22H24N10O2S/c1-5-30-13-17(10-25-30)35(33,34)31-12-16(9-26-31)22-23-7-6-20(29-22)28-21-8-19-18(11-24-21)27-15(4)32(19)14(2)3/h6-14H,5H2,1-4H3,(H,23,24,28,29). The Morgan fingerprint density at radius 3 is 2.60 bits per heavy atom. The Hall–Kier alpha value is -4.13. The Bertz CT molecular complexity index is 1630. The van der Waals surface area contributed by atoms with Crippen LogP contribution in [0.15, 0.2) is 54.2 Å². The molecule has 0 aliphatic rings. The molecule has 0 bridgehead atoms. The number of anilines is 2. The van der Waals surface area contributed by atoms with Crippen molar-refractivity contribution in [1.29, 1.82) is 0 Å². The van der Waals surface area contributed by atoms with Gasteiger partial charge in [0, 0.05) is 31.0 Å². The summed E-state index contributed by atoms with van der Waals surface area (Å²) >= 11 is 0. The van der Waals surface area contributed by atoms with Gasteiger partial charge in [-0.1, -0.05) is 0 Å². The molecule has 5 aromatic heterocycles. The Morgan fingerprint density at radius 1 is 1.03 bits per heavy atom. The largest absolute Gasteiger partial charge is 0.326 e. The van der Waals surface area contributed by atoms with E-state index in [-0.39, 0.29) is 10.9 Å². The van der Waals surface area contributed by atoms with Gasteiger partial charge in [-0.3, -0.25) is 4.68 Å². The molecular formula is C22H24N10O2S. The number of imidazole rings is 1. The second-order valence-corrected chi connectivity index (χ2v) is 10.0. The molecule has 0 atom stereocenters. The first kappa shape index (κ1) is 22.7. The third kappa shape index (κ3) is 4.14. The summed E-state index contributed by atoms with van der Waals surface area (Å²) in [7, 11) is -3.87. The lowest BCUT2D eigenvalue weighted by molar-refractivity contribution is 0.579. The molecule has 5 aromatic rings. The summed E-state index contributed by atoms with van der Waals surface area (Å²) in [5.41, 5.74) is 2.25. The van der Waals surface area contributed by atoms with E-state index in [4.69, 9.17) is 0 Å². The van der Waals surface area contributed by atoms with Crippen LogP contribution in [0.1, 0.15) is 32.6 Å². The highest BCUT2D eigenvalue weighted by atomic mass is 32.2. The summed E-state index contributed by atoms with van der Waals surface area (Å²) in [5.74, 6) is 2.36. The van der Waals surface area contributed by atoms with Crippen LogP contribution in [0.25, 0.3) is 22.4 Å². The average Bonchev–Trinajstić information content (AvgIpc) is 3.57. The molecule has 0 aromatic carbocycles. The van der Waals surface area contributed by atoms with Gasteiger partial charge >= 0.3 is 0 Å². The summed E-state index contributed by atoms with van der Waals surface area (Å²) in [5, 5.41) is 11.2. The van der Waals surface area contributed by atoms with Crippen molar-refractivity contribution in [3.8, 4) is 11.4 Å². The Balaban J connectivity index is 1.42. The lowest BCUT2D eigenvalue weighted by Gasteiger charge is -2.11. The molecule has 1 N–H and O–H groups in total. The zero-order valence-corrected chi connectivity index (χ0v) is 20.5. The van der Waals surface area contributed by atoms with E-state index in [1.807, 2.05) is 19.9 Å². The number of fused-ring (bicyclic) bond motifs is 1. The zero-order valence-electron chi connectivity index (χ0n) is 19.7. The number of nitrogens with one attached hydrogen (secondary N) is 1. The van der Waals surface area contributed by atoms with Crippen molar-refractivity contribution in [3.63, 3.8) is 0 Å². The highest BCUT2D eigenvalue weighted by Gasteiger charge is 2.21. The number of hydrogen-bond acceptors (Lipinski definition) is 9. The van der Waals surface area contributed by atoms with Crippen molar-refractivity contribution < 1.29 is 8.42 Å². The first-order chi connectivity index (χ1) is 16.8. The third-order valence-electron chi connectivity index (χ3n) is 5.48. The minimum atomic E-state index is -3.87. The second kappa shape index (κ2) is 8.58. The van der Waals surface area contributed by atoms with Gasteiger partial charge in [0.2, 0.25) is 0 Å². The molecule has 12 nitrogen and oxygen atoms in total. The molecule has 180 valence electrons. The molecule has 5 heterocycles. The predicted octanol–water partition coefficient (Wildman–Crippen LogP) is 3.17. The fraction of sp³-hybridized carbons (Fsp3) is 0.273. The van der Waals surface area contributed by atoms with Gasteiger partial charge in [0.05, 0.1) is 35.9 Å². The lowest BCUT2D eigenvalue weighted by atomic mass is 10.3. The topological polar surface area (TPSA) is 138 Å². The quantitative estimate of drug-likeness (QED) is 0.363. The molecular weight excluding hydrogens is 468 g/mol. The summed E-state index contributed by atoms with van der Waals surface area (Å²) in [6.45, 7) is 8.62. The van der Waals surface area contributed by atoms with Crippen LogP contribution in [0.3, 0.4) is 0 Å². The molecule has 0 saturated carbocycles. The second-order valence-electron chi connectivity index (χ2n) is 8.21. The van der Waals surface area contributed by atoms with E-state index in [1.54, 1.807) is 18.5 Å². The van der Waals surface area contributed by atoms with Gasteiger partial charge in [-0.05, 0) is 33.8 Å². The molecule has 13 heteroatoms. The van der Waals surface area contributed by atoms with Gasteiger partial charge < -0.3 is 9.88 Å². The van der Waals surface area contributed by atoms with Gasteiger partial charge in [-0.25, -0.2) is 19.9 Å². The van der Waals surface area contributed by atoms with E-state index in [0.717, 1.165) is 20.9 Å². The van der Waals surface area contributed by atoms with Crippen molar-refractivity contribution in [1.82, 2.24) is 43.5 Å². The van der Waals surface area contributed by atoms with Gasteiger partial charge in [-0.15, -0.1) is 0 Å². The third-order valence-corrected chi connectivity index (χ3v) is 6.98. The van der Waals surface area contributed by atoms with Crippen molar-refractivity contribution in [3.05, 3.63) is 55.1 Å². The summed E-state index contributed by atoms with van der Waals surface area (Å²) < 4.78 is 30.3. The van der Waals surface area contributed by atoms with Crippen LogP contribution in [-0.4, -0.2) is 51.9 Å². The lowest BCUT2D eigenvalue weighted by Crippen LogP contribution is -2.12. The number of rotatable bonds is 7. The molecule has 0 aliphatic heterocycles. The molecule has 0 aliphatic carbocycles. The summed E-state index contributed by atoms with van der Waals surface area (Å²) in [6.07, 6.45) is 8.87. The molecule has 0 fully saturated rings. The van der Waals surface area contributed by atoms with Crippen LogP contribution in [0.5, 0.6) is 0 Å². The van der Waals surface area contributed by atoms with E-state index >= 15 is 0 Å². The zero-order chi connectivity index (χ0) is 24.7. The fourth-order valence-electron chi connectivity index (χ4n) is 3.85. The SMILES string of the molecule is CCn1cc(S(=O)(=O)n2cc(-c3nccc(Nc4cc5c(cn4)nc(C)n5C(C)C)n3)cn2)cn1. The normalized spacial score (nSPS) is 12.0. The minimum Gasteiger partial charge on any atom is -0.326 e. The highest BCUT2D eigenvalue weighted by Crippen LogP contribution is 2.24. The number of aromatic nitrogens is 9. The van der Waals surface area contributed by atoms with Crippen molar-refractivity contribution in [2.24, 2.45) is 0 Å². The van der Waals surface area contributed by atoms with Crippen LogP contribution in [0, 0.1) is 6.92 Å². The Morgan fingerprint density at radius 2 is 1.86 bits per heavy atom.